The summed E-state index contributed by atoms with van der Waals surface area (Å²) >= 11 is 0. The fourth-order valence-electron chi connectivity index (χ4n) is 3.84. The molecule has 0 radical (unpaired) electrons. The second-order valence-corrected chi connectivity index (χ2v) is 11.3. The zero-order valence-corrected chi connectivity index (χ0v) is 14.8. The molecule has 1 saturated carbocycles. The topological polar surface area (TPSA) is 0 Å². The fraction of sp³-hybridized carbons (Fsp3) is 0.182. The fourth-order valence-corrected chi connectivity index (χ4v) is 6.07. The molecule has 1 aliphatic carbocycles. The Bertz CT molecular complexity index is 688. The third kappa shape index (κ3) is 2.66. The van der Waals surface area contributed by atoms with E-state index in [-0.39, 0.29) is 0 Å². The molecule has 0 bridgehead atoms. The standard InChI is InChI=1S/C22H22Si/c1-23(2)15-21-19(17-9-5-3-6-10-17)13-14-20(22(21)16-23)18-11-7-4-8-12-18/h3-12,15-16H,13-14H2,1-2H3. The maximum atomic E-state index is 2.59. The van der Waals surface area contributed by atoms with Crippen molar-refractivity contribution in [2.45, 2.75) is 25.9 Å². The van der Waals surface area contributed by atoms with E-state index in [0.717, 1.165) is 12.8 Å². The van der Waals surface area contributed by atoms with Gasteiger partial charge < -0.3 is 0 Å². The highest BCUT2D eigenvalue weighted by Crippen LogP contribution is 2.50. The van der Waals surface area contributed by atoms with Gasteiger partial charge >= 0.3 is 0 Å². The Kier molecular flexibility index (Phi) is 3.46. The van der Waals surface area contributed by atoms with Crippen LogP contribution < -0.4 is 0 Å². The molecular formula is C22H22Si. The van der Waals surface area contributed by atoms with Gasteiger partial charge in [0.15, 0.2) is 0 Å². The summed E-state index contributed by atoms with van der Waals surface area (Å²) in [4.78, 5) is 0. The summed E-state index contributed by atoms with van der Waals surface area (Å²) in [6.07, 6.45) is 2.28. The molecule has 1 heterocycles. The lowest BCUT2D eigenvalue weighted by Gasteiger charge is -2.34. The lowest BCUT2D eigenvalue weighted by atomic mass is 9.71. The Morgan fingerprint density at radius 1 is 0.870 bits per heavy atom. The summed E-state index contributed by atoms with van der Waals surface area (Å²) in [6, 6.07) is 21.9. The van der Waals surface area contributed by atoms with Crippen molar-refractivity contribution in [2.75, 3.05) is 0 Å². The Balaban J connectivity index is 1.76. The number of fused-ring (bicyclic) bond motifs is 1. The molecule has 114 valence electrons. The van der Waals surface area contributed by atoms with Gasteiger partial charge in [0, 0.05) is 23.6 Å². The molecule has 0 amide bonds. The molecule has 0 nitrogen and oxygen atoms in total. The maximum absolute atomic E-state index is 2.59. The molecule has 0 N–H and O–H groups in total. The van der Waals surface area contributed by atoms with Crippen molar-refractivity contribution in [2.24, 2.45) is 0 Å². The van der Waals surface area contributed by atoms with Crippen LogP contribution in [0.4, 0.5) is 0 Å². The van der Waals surface area contributed by atoms with Crippen LogP contribution in [0.25, 0.3) is 0 Å². The summed E-state index contributed by atoms with van der Waals surface area (Å²) in [7, 11) is -1.38. The Labute approximate surface area is 140 Å². The molecule has 0 saturated heterocycles. The van der Waals surface area contributed by atoms with E-state index in [0.29, 0.717) is 0 Å². The van der Waals surface area contributed by atoms with Gasteiger partial charge in [-0.05, 0) is 31.0 Å². The summed E-state index contributed by atoms with van der Waals surface area (Å²) < 4.78 is 0. The largest absolute Gasteiger partial charge is 0.118 e. The van der Waals surface area contributed by atoms with Crippen molar-refractivity contribution in [1.82, 2.24) is 0 Å². The average molecular weight is 315 g/mol. The van der Waals surface area contributed by atoms with E-state index >= 15 is 0 Å². The molecule has 2 aromatic carbocycles. The molecule has 0 atom stereocenters. The molecule has 0 spiro atoms. The van der Waals surface area contributed by atoms with Gasteiger partial charge in [-0.25, -0.2) is 0 Å². The predicted molar refractivity (Wildman–Crippen MR) is 100 cm³/mol. The first-order chi connectivity index (χ1) is 11.1. The highest BCUT2D eigenvalue weighted by atomic mass is 28.3. The van der Waals surface area contributed by atoms with Crippen molar-refractivity contribution >= 4 is 8.07 Å². The van der Waals surface area contributed by atoms with E-state index in [1.54, 1.807) is 0 Å². The number of hydrogen-bond donors (Lipinski definition) is 0. The molecular weight excluding hydrogens is 292 g/mol. The number of rotatable bonds is 2. The van der Waals surface area contributed by atoms with E-state index in [1.165, 1.54) is 34.1 Å². The highest BCUT2D eigenvalue weighted by Gasteiger charge is 2.38. The zero-order chi connectivity index (χ0) is 15.9. The Morgan fingerprint density at radius 3 is 2.22 bits per heavy atom. The first-order valence-corrected chi connectivity index (χ1v) is 11.6. The summed E-state index contributed by atoms with van der Waals surface area (Å²) in [5.41, 5.74) is 11.0. The van der Waals surface area contributed by atoms with Crippen molar-refractivity contribution in [1.29, 1.82) is 0 Å². The summed E-state index contributed by atoms with van der Waals surface area (Å²) in [6.45, 7) is 4.88. The minimum atomic E-state index is -1.38. The van der Waals surface area contributed by atoms with Crippen LogP contribution in [-0.4, -0.2) is 8.07 Å². The van der Waals surface area contributed by atoms with Gasteiger partial charge in [-0.15, -0.1) is 17.7 Å². The Hall–Kier alpha value is -2.12. The van der Waals surface area contributed by atoms with E-state index in [9.17, 15) is 0 Å². The van der Waals surface area contributed by atoms with Crippen LogP contribution in [0.3, 0.4) is 0 Å². The zero-order valence-electron chi connectivity index (χ0n) is 13.8. The molecule has 4 rings (SSSR count). The highest BCUT2D eigenvalue weighted by molar-refractivity contribution is 6.88. The van der Waals surface area contributed by atoms with Gasteiger partial charge in [0.05, 0.1) is 13.6 Å². The third-order valence-electron chi connectivity index (χ3n) is 4.84. The lowest BCUT2D eigenvalue weighted by molar-refractivity contribution is 0.772. The normalized spacial score (nSPS) is 19.2. The Morgan fingerprint density at radius 2 is 1.52 bits per heavy atom. The number of benzene rings is 2. The summed E-state index contributed by atoms with van der Waals surface area (Å²) in [5.74, 6) is 3.07. The smallest absolute Gasteiger partial charge is 0.0990 e. The maximum Gasteiger partial charge on any atom is 0.0990 e. The van der Waals surface area contributed by atoms with Crippen LogP contribution >= 0.6 is 0 Å². The second-order valence-electron chi connectivity index (χ2n) is 7.13. The molecule has 2 aromatic rings. The third-order valence-corrected chi connectivity index (χ3v) is 6.91. The molecule has 2 aliphatic rings. The van der Waals surface area contributed by atoms with Crippen LogP contribution in [0, 0.1) is 11.8 Å². The van der Waals surface area contributed by atoms with Crippen molar-refractivity contribution < 1.29 is 0 Å². The van der Waals surface area contributed by atoms with E-state index in [4.69, 9.17) is 0 Å². The van der Waals surface area contributed by atoms with Gasteiger partial charge in [-0.3, -0.25) is 0 Å². The molecule has 1 aliphatic heterocycles. The van der Waals surface area contributed by atoms with Gasteiger partial charge in [-0.1, -0.05) is 54.2 Å². The van der Waals surface area contributed by atoms with Gasteiger partial charge in [0.25, 0.3) is 0 Å². The molecule has 0 unspecified atom stereocenters. The van der Waals surface area contributed by atoms with Crippen LogP contribution in [-0.2, 0) is 0 Å². The van der Waals surface area contributed by atoms with Gasteiger partial charge in [0.1, 0.15) is 0 Å². The molecule has 23 heavy (non-hydrogen) atoms. The lowest BCUT2D eigenvalue weighted by Crippen LogP contribution is -2.18. The quantitative estimate of drug-likeness (QED) is 0.494. The number of allylic oxidation sites excluding steroid dienone is 2. The van der Waals surface area contributed by atoms with E-state index < -0.39 is 8.07 Å². The van der Waals surface area contributed by atoms with Crippen molar-refractivity contribution in [3.63, 3.8) is 0 Å². The van der Waals surface area contributed by atoms with Gasteiger partial charge in [0.2, 0.25) is 0 Å². The molecule has 1 fully saturated rings. The van der Waals surface area contributed by atoms with Crippen LogP contribution in [0.2, 0.25) is 13.1 Å². The predicted octanol–water partition coefficient (Wildman–Crippen LogP) is 5.68. The molecule has 0 aromatic heterocycles. The van der Waals surface area contributed by atoms with Crippen molar-refractivity contribution in [3.05, 3.63) is 106 Å². The monoisotopic (exact) mass is 314 g/mol. The second kappa shape index (κ2) is 5.50. The van der Waals surface area contributed by atoms with Crippen molar-refractivity contribution in [3.8, 4) is 0 Å². The number of hydrogen-bond acceptors (Lipinski definition) is 0. The van der Waals surface area contributed by atoms with Crippen LogP contribution in [0.5, 0.6) is 0 Å². The van der Waals surface area contributed by atoms with Crippen LogP contribution in [0.15, 0.2) is 83.2 Å². The van der Waals surface area contributed by atoms with Crippen LogP contribution in [0.1, 0.15) is 24.0 Å². The first kappa shape index (κ1) is 14.5. The first-order valence-electron chi connectivity index (χ1n) is 8.43. The minimum absolute atomic E-state index is 1.14. The average Bonchev–Trinajstić information content (AvgIpc) is 2.90. The van der Waals surface area contributed by atoms with E-state index in [1.807, 2.05) is 0 Å². The van der Waals surface area contributed by atoms with E-state index in [2.05, 4.69) is 85.2 Å². The minimum Gasteiger partial charge on any atom is -0.118 e. The molecule has 1 heteroatoms. The summed E-state index contributed by atoms with van der Waals surface area (Å²) in [5, 5.41) is 0. The van der Waals surface area contributed by atoms with Gasteiger partial charge in [-0.2, -0.15) is 0 Å². The SMILES string of the molecule is C[Si]1(C)C=C2C(=C1)[C-](c1ccccc1)CC[C+]2c1ccccc1.